The molecule has 5 nitrogen and oxygen atoms in total. The second-order valence-corrected chi connectivity index (χ2v) is 11.2. The van der Waals surface area contributed by atoms with Gasteiger partial charge in [-0.05, 0) is 48.4 Å². The number of rotatable bonds is 7. The Morgan fingerprint density at radius 3 is 2.12 bits per heavy atom. The lowest BCUT2D eigenvalue weighted by molar-refractivity contribution is 0.537. The van der Waals surface area contributed by atoms with Crippen LogP contribution in [0.3, 0.4) is 0 Å². The molecule has 26 heavy (non-hydrogen) atoms. The first-order valence-corrected chi connectivity index (χ1v) is 12.2. The molecule has 0 aromatic heterocycles. The van der Waals surface area contributed by atoms with Gasteiger partial charge in [-0.25, -0.2) is 16.8 Å². The SMILES string of the molecule is CS(=O)(=O)c1ccc(NCC2(Cc3ccccc3)CC2)c(S(C)(=O)=O)c1. The van der Waals surface area contributed by atoms with E-state index in [1.54, 1.807) is 6.07 Å². The Morgan fingerprint density at radius 1 is 0.923 bits per heavy atom. The maximum absolute atomic E-state index is 12.1. The highest BCUT2D eigenvalue weighted by Crippen LogP contribution is 2.48. The van der Waals surface area contributed by atoms with Crippen molar-refractivity contribution in [3.05, 3.63) is 54.1 Å². The summed E-state index contributed by atoms with van der Waals surface area (Å²) in [6.07, 6.45) is 5.28. The molecule has 1 aliphatic rings. The van der Waals surface area contributed by atoms with Gasteiger partial charge in [-0.2, -0.15) is 0 Å². The highest BCUT2D eigenvalue weighted by Gasteiger charge is 2.42. The Kier molecular flexibility index (Phi) is 4.88. The minimum absolute atomic E-state index is 0.00824. The van der Waals surface area contributed by atoms with Gasteiger partial charge in [-0.15, -0.1) is 0 Å². The number of hydrogen-bond acceptors (Lipinski definition) is 5. The van der Waals surface area contributed by atoms with Gasteiger partial charge in [0.1, 0.15) is 0 Å². The van der Waals surface area contributed by atoms with Crippen LogP contribution in [0.2, 0.25) is 0 Å². The summed E-state index contributed by atoms with van der Waals surface area (Å²) >= 11 is 0. The van der Waals surface area contributed by atoms with Crippen LogP contribution in [0.1, 0.15) is 18.4 Å². The van der Waals surface area contributed by atoms with Gasteiger partial charge >= 0.3 is 0 Å². The van der Waals surface area contributed by atoms with Crippen LogP contribution >= 0.6 is 0 Å². The third kappa shape index (κ3) is 4.45. The highest BCUT2D eigenvalue weighted by molar-refractivity contribution is 7.91. The van der Waals surface area contributed by atoms with E-state index < -0.39 is 19.7 Å². The minimum atomic E-state index is -3.55. The molecular formula is C19H23NO4S2. The van der Waals surface area contributed by atoms with Crippen molar-refractivity contribution in [1.82, 2.24) is 0 Å². The zero-order valence-electron chi connectivity index (χ0n) is 14.9. The molecular weight excluding hydrogens is 370 g/mol. The Balaban J connectivity index is 1.82. The first-order chi connectivity index (χ1) is 12.1. The summed E-state index contributed by atoms with van der Waals surface area (Å²) < 4.78 is 47.7. The van der Waals surface area contributed by atoms with E-state index in [-0.39, 0.29) is 15.2 Å². The van der Waals surface area contributed by atoms with Crippen molar-refractivity contribution < 1.29 is 16.8 Å². The van der Waals surface area contributed by atoms with Crippen molar-refractivity contribution in [3.8, 4) is 0 Å². The van der Waals surface area contributed by atoms with Crippen LogP contribution in [-0.4, -0.2) is 35.9 Å². The molecule has 2 aromatic carbocycles. The molecule has 2 aromatic rings. The molecule has 1 aliphatic carbocycles. The van der Waals surface area contributed by atoms with Gasteiger partial charge in [0.25, 0.3) is 0 Å². The third-order valence-electron chi connectivity index (χ3n) is 4.81. The van der Waals surface area contributed by atoms with Crippen LogP contribution < -0.4 is 5.32 Å². The summed E-state index contributed by atoms with van der Waals surface area (Å²) in [5.41, 5.74) is 1.85. The fourth-order valence-electron chi connectivity index (χ4n) is 3.09. The smallest absolute Gasteiger partial charge is 0.177 e. The van der Waals surface area contributed by atoms with Gasteiger partial charge in [-0.3, -0.25) is 0 Å². The van der Waals surface area contributed by atoms with Gasteiger partial charge < -0.3 is 5.32 Å². The van der Waals surface area contributed by atoms with E-state index in [1.165, 1.54) is 17.7 Å². The summed E-state index contributed by atoms with van der Waals surface area (Å²) in [6, 6.07) is 14.5. The van der Waals surface area contributed by atoms with E-state index in [2.05, 4.69) is 17.4 Å². The molecule has 0 aliphatic heterocycles. The molecule has 0 spiro atoms. The lowest BCUT2D eigenvalue weighted by atomic mass is 9.96. The molecule has 0 saturated heterocycles. The van der Waals surface area contributed by atoms with Crippen LogP contribution in [0.4, 0.5) is 5.69 Å². The molecule has 140 valence electrons. The molecule has 0 bridgehead atoms. The first-order valence-electron chi connectivity index (χ1n) is 8.41. The molecule has 0 unspecified atom stereocenters. The van der Waals surface area contributed by atoms with Gasteiger partial charge in [0.05, 0.1) is 15.5 Å². The predicted molar refractivity (Wildman–Crippen MR) is 103 cm³/mol. The predicted octanol–water partition coefficient (Wildman–Crippen LogP) is 2.93. The molecule has 1 fully saturated rings. The van der Waals surface area contributed by atoms with Gasteiger partial charge in [-0.1, -0.05) is 30.3 Å². The number of benzene rings is 2. The topological polar surface area (TPSA) is 80.3 Å². The van der Waals surface area contributed by atoms with E-state index in [0.29, 0.717) is 12.2 Å². The highest BCUT2D eigenvalue weighted by atomic mass is 32.2. The standard InChI is InChI=1S/C19H23NO4S2/c1-25(21,22)16-8-9-17(18(12-16)26(2,23)24)20-14-19(10-11-19)13-15-6-4-3-5-7-15/h3-9,12,20H,10-11,13-14H2,1-2H3. The van der Waals surface area contributed by atoms with Crippen molar-refractivity contribution in [2.75, 3.05) is 24.4 Å². The zero-order valence-corrected chi connectivity index (χ0v) is 16.5. The largest absolute Gasteiger partial charge is 0.383 e. The third-order valence-corrected chi connectivity index (χ3v) is 7.06. The number of hydrogen-bond donors (Lipinski definition) is 1. The fraction of sp³-hybridized carbons (Fsp3) is 0.368. The van der Waals surface area contributed by atoms with Gasteiger partial charge in [0.2, 0.25) is 0 Å². The van der Waals surface area contributed by atoms with E-state index in [1.807, 2.05) is 18.2 Å². The van der Waals surface area contributed by atoms with Crippen molar-refractivity contribution in [1.29, 1.82) is 0 Å². The summed E-state index contributed by atoms with van der Waals surface area (Å²) in [5.74, 6) is 0. The monoisotopic (exact) mass is 393 g/mol. The van der Waals surface area contributed by atoms with E-state index in [9.17, 15) is 16.8 Å². The maximum atomic E-state index is 12.1. The molecule has 0 amide bonds. The number of nitrogens with one attached hydrogen (secondary N) is 1. The Hall–Kier alpha value is -1.86. The van der Waals surface area contributed by atoms with Crippen LogP contribution in [0.25, 0.3) is 0 Å². The van der Waals surface area contributed by atoms with Gasteiger partial charge in [0.15, 0.2) is 19.7 Å². The lowest BCUT2D eigenvalue weighted by Crippen LogP contribution is -2.19. The summed E-state index contributed by atoms with van der Waals surface area (Å²) in [4.78, 5) is 0.0323. The van der Waals surface area contributed by atoms with Crippen LogP contribution in [0.15, 0.2) is 58.3 Å². The quantitative estimate of drug-likeness (QED) is 0.782. The van der Waals surface area contributed by atoms with Crippen LogP contribution in [0.5, 0.6) is 0 Å². The van der Waals surface area contributed by atoms with Gasteiger partial charge in [0, 0.05) is 19.1 Å². The van der Waals surface area contributed by atoms with Crippen LogP contribution in [0, 0.1) is 5.41 Å². The molecule has 1 N–H and O–H groups in total. The second-order valence-electron chi connectivity index (χ2n) is 7.22. The Bertz CT molecular complexity index is 1010. The average molecular weight is 394 g/mol. The maximum Gasteiger partial charge on any atom is 0.177 e. The molecule has 7 heteroatoms. The molecule has 0 radical (unpaired) electrons. The second kappa shape index (κ2) is 6.70. The normalized spacial score (nSPS) is 16.2. The van der Waals surface area contributed by atoms with E-state index in [0.717, 1.165) is 31.8 Å². The molecule has 0 heterocycles. The molecule has 1 saturated carbocycles. The Labute approximate surface area is 155 Å². The van der Waals surface area contributed by atoms with E-state index in [4.69, 9.17) is 0 Å². The van der Waals surface area contributed by atoms with Crippen molar-refractivity contribution in [2.24, 2.45) is 5.41 Å². The molecule has 3 rings (SSSR count). The summed E-state index contributed by atoms with van der Waals surface area (Å²) in [5, 5.41) is 3.25. The average Bonchev–Trinajstić information content (AvgIpc) is 3.32. The van der Waals surface area contributed by atoms with Crippen molar-refractivity contribution >= 4 is 25.4 Å². The number of sulfone groups is 2. The van der Waals surface area contributed by atoms with Crippen molar-refractivity contribution in [3.63, 3.8) is 0 Å². The molecule has 0 atom stereocenters. The van der Waals surface area contributed by atoms with Crippen LogP contribution in [-0.2, 0) is 26.1 Å². The lowest BCUT2D eigenvalue weighted by Gasteiger charge is -2.19. The first kappa shape index (κ1) is 18.9. The Morgan fingerprint density at radius 2 is 1.58 bits per heavy atom. The van der Waals surface area contributed by atoms with E-state index >= 15 is 0 Å². The zero-order chi connectivity index (χ0) is 19.0. The minimum Gasteiger partial charge on any atom is -0.383 e. The fourth-order valence-corrected chi connectivity index (χ4v) is 4.69. The summed E-state index contributed by atoms with van der Waals surface area (Å²) in [6.45, 7) is 0.655. The number of anilines is 1. The van der Waals surface area contributed by atoms with Crippen molar-refractivity contribution in [2.45, 2.75) is 29.1 Å². The summed E-state index contributed by atoms with van der Waals surface area (Å²) in [7, 11) is -7.02.